The van der Waals surface area contributed by atoms with Gasteiger partial charge in [0.25, 0.3) is 0 Å². The predicted octanol–water partition coefficient (Wildman–Crippen LogP) is 1.90. The van der Waals surface area contributed by atoms with Crippen LogP contribution in [0.25, 0.3) is 0 Å². The molecule has 0 fully saturated rings. The van der Waals surface area contributed by atoms with Gasteiger partial charge in [-0.25, -0.2) is 4.79 Å². The second kappa shape index (κ2) is 2.62. The van der Waals surface area contributed by atoms with Crippen molar-refractivity contribution >= 4 is 21.9 Å². The molecule has 0 aromatic carbocycles. The Kier molecular flexibility index (Phi) is 1.72. The number of aromatic carboxylic acids is 1. The van der Waals surface area contributed by atoms with Crippen molar-refractivity contribution in [2.45, 2.75) is 19.4 Å². The number of hydrogen-bond acceptors (Lipinski definition) is 1. The molecule has 0 bridgehead atoms. The molecule has 0 aliphatic carbocycles. The molecular formula is C8H8BrNO2. The van der Waals surface area contributed by atoms with Crippen molar-refractivity contribution in [1.29, 1.82) is 0 Å². The van der Waals surface area contributed by atoms with Gasteiger partial charge >= 0.3 is 5.97 Å². The number of aromatic nitrogens is 1. The normalized spacial score (nSPS) is 14.8. The number of carboxylic acids is 1. The Morgan fingerprint density at radius 3 is 3.08 bits per heavy atom. The third kappa shape index (κ3) is 0.982. The highest BCUT2D eigenvalue weighted by Gasteiger charge is 2.21. The van der Waals surface area contributed by atoms with Gasteiger partial charge in [-0.2, -0.15) is 0 Å². The van der Waals surface area contributed by atoms with Crippen LogP contribution in [0.5, 0.6) is 0 Å². The Morgan fingerprint density at radius 2 is 2.42 bits per heavy atom. The molecule has 0 amide bonds. The molecule has 64 valence electrons. The number of fused-ring (bicyclic) bond motifs is 1. The van der Waals surface area contributed by atoms with Gasteiger partial charge in [0.2, 0.25) is 0 Å². The molecule has 3 nitrogen and oxygen atoms in total. The van der Waals surface area contributed by atoms with E-state index in [1.807, 2.05) is 4.57 Å². The number of nitrogens with zero attached hydrogens (tertiary/aromatic N) is 1. The molecule has 1 N–H and O–H groups in total. The van der Waals surface area contributed by atoms with E-state index < -0.39 is 5.97 Å². The fourth-order valence-electron chi connectivity index (χ4n) is 1.66. The summed E-state index contributed by atoms with van der Waals surface area (Å²) in [4.78, 5) is 10.7. The highest BCUT2D eigenvalue weighted by Crippen LogP contribution is 2.27. The number of carboxylic acid groups (broad SMARTS) is 1. The molecule has 0 saturated heterocycles. The first-order valence-electron chi connectivity index (χ1n) is 3.81. The van der Waals surface area contributed by atoms with Gasteiger partial charge in [-0.3, -0.25) is 0 Å². The van der Waals surface area contributed by atoms with Gasteiger partial charge in [-0.05, 0) is 34.8 Å². The van der Waals surface area contributed by atoms with Crippen LogP contribution in [0.2, 0.25) is 0 Å². The third-order valence-corrected chi connectivity index (χ3v) is 2.84. The van der Waals surface area contributed by atoms with Crippen LogP contribution in [0.15, 0.2) is 10.7 Å². The molecular weight excluding hydrogens is 222 g/mol. The standard InChI is InChI=1S/C8H8BrNO2/c9-7-4-5(8(11)12)6-2-1-3-10(6)7/h4H,1-3H2,(H,11,12). The molecule has 2 rings (SSSR count). The van der Waals surface area contributed by atoms with Gasteiger partial charge in [0.15, 0.2) is 0 Å². The summed E-state index contributed by atoms with van der Waals surface area (Å²) >= 11 is 3.34. The Morgan fingerprint density at radius 1 is 1.67 bits per heavy atom. The minimum atomic E-state index is -0.827. The summed E-state index contributed by atoms with van der Waals surface area (Å²) in [7, 11) is 0. The second-order valence-corrected chi connectivity index (χ2v) is 3.70. The van der Waals surface area contributed by atoms with Crippen molar-refractivity contribution < 1.29 is 9.90 Å². The van der Waals surface area contributed by atoms with Crippen molar-refractivity contribution in [3.8, 4) is 0 Å². The van der Waals surface area contributed by atoms with E-state index in [2.05, 4.69) is 15.9 Å². The lowest BCUT2D eigenvalue weighted by Crippen LogP contribution is -1.99. The van der Waals surface area contributed by atoms with Crippen molar-refractivity contribution in [1.82, 2.24) is 4.57 Å². The number of rotatable bonds is 1. The van der Waals surface area contributed by atoms with Gasteiger partial charge in [-0.15, -0.1) is 0 Å². The summed E-state index contributed by atoms with van der Waals surface area (Å²) in [5.41, 5.74) is 1.40. The third-order valence-electron chi connectivity index (χ3n) is 2.18. The van der Waals surface area contributed by atoms with E-state index in [1.54, 1.807) is 6.07 Å². The van der Waals surface area contributed by atoms with Crippen LogP contribution in [0.3, 0.4) is 0 Å². The maximum absolute atomic E-state index is 10.7. The van der Waals surface area contributed by atoms with Crippen molar-refractivity contribution in [2.75, 3.05) is 0 Å². The summed E-state index contributed by atoms with van der Waals surface area (Å²) in [5, 5.41) is 8.83. The average Bonchev–Trinajstić information content (AvgIpc) is 2.53. The van der Waals surface area contributed by atoms with Gasteiger partial charge < -0.3 is 9.67 Å². The molecule has 0 spiro atoms. The first-order valence-corrected chi connectivity index (χ1v) is 4.60. The van der Waals surface area contributed by atoms with E-state index >= 15 is 0 Å². The molecule has 0 unspecified atom stereocenters. The Labute approximate surface area is 78.1 Å². The van der Waals surface area contributed by atoms with Crippen LogP contribution in [-0.4, -0.2) is 15.6 Å². The topological polar surface area (TPSA) is 42.2 Å². The molecule has 0 radical (unpaired) electrons. The fraction of sp³-hybridized carbons (Fsp3) is 0.375. The van der Waals surface area contributed by atoms with Crippen molar-refractivity contribution in [3.05, 3.63) is 21.9 Å². The number of carbonyl (C=O) groups is 1. The maximum atomic E-state index is 10.7. The molecule has 1 aliphatic rings. The summed E-state index contributed by atoms with van der Waals surface area (Å²) in [6.07, 6.45) is 1.93. The van der Waals surface area contributed by atoms with Crippen LogP contribution in [-0.2, 0) is 13.0 Å². The van der Waals surface area contributed by atoms with Crippen LogP contribution in [0.4, 0.5) is 0 Å². The van der Waals surface area contributed by atoms with Crippen LogP contribution >= 0.6 is 15.9 Å². The average molecular weight is 230 g/mol. The van der Waals surface area contributed by atoms with Gasteiger partial charge in [-0.1, -0.05) is 0 Å². The molecule has 2 heterocycles. The van der Waals surface area contributed by atoms with E-state index in [4.69, 9.17) is 5.11 Å². The van der Waals surface area contributed by atoms with Gasteiger partial charge in [0.05, 0.1) is 10.2 Å². The minimum absolute atomic E-state index is 0.444. The van der Waals surface area contributed by atoms with E-state index in [1.165, 1.54) is 0 Å². The van der Waals surface area contributed by atoms with Crippen LogP contribution < -0.4 is 0 Å². The van der Waals surface area contributed by atoms with Crippen molar-refractivity contribution in [3.63, 3.8) is 0 Å². The molecule has 4 heteroatoms. The smallest absolute Gasteiger partial charge is 0.337 e. The number of halogens is 1. The highest BCUT2D eigenvalue weighted by atomic mass is 79.9. The Hall–Kier alpha value is -0.770. The number of hydrogen-bond donors (Lipinski definition) is 1. The summed E-state index contributed by atoms with van der Waals surface area (Å²) in [5.74, 6) is -0.827. The van der Waals surface area contributed by atoms with Gasteiger partial charge in [0.1, 0.15) is 0 Å². The zero-order valence-electron chi connectivity index (χ0n) is 6.38. The van der Waals surface area contributed by atoms with E-state index in [-0.39, 0.29) is 0 Å². The lowest BCUT2D eigenvalue weighted by molar-refractivity contribution is 0.0696. The second-order valence-electron chi connectivity index (χ2n) is 2.89. The van der Waals surface area contributed by atoms with Gasteiger partial charge in [0, 0.05) is 12.2 Å². The molecule has 12 heavy (non-hydrogen) atoms. The van der Waals surface area contributed by atoms with Crippen LogP contribution in [0.1, 0.15) is 22.5 Å². The van der Waals surface area contributed by atoms with E-state index in [0.29, 0.717) is 5.56 Å². The van der Waals surface area contributed by atoms with Crippen LogP contribution in [0, 0.1) is 0 Å². The molecule has 0 saturated carbocycles. The predicted molar refractivity (Wildman–Crippen MR) is 47.4 cm³/mol. The SMILES string of the molecule is O=C(O)c1cc(Br)n2c1CCC2. The molecule has 1 aromatic heterocycles. The zero-order chi connectivity index (χ0) is 8.72. The van der Waals surface area contributed by atoms with E-state index in [9.17, 15) is 4.79 Å². The summed E-state index contributed by atoms with van der Waals surface area (Å²) in [6, 6.07) is 1.68. The quantitative estimate of drug-likeness (QED) is 0.800. The maximum Gasteiger partial charge on any atom is 0.337 e. The largest absolute Gasteiger partial charge is 0.478 e. The molecule has 0 atom stereocenters. The zero-order valence-corrected chi connectivity index (χ0v) is 7.97. The minimum Gasteiger partial charge on any atom is -0.478 e. The first-order chi connectivity index (χ1) is 5.70. The summed E-state index contributed by atoms with van der Waals surface area (Å²) in [6.45, 7) is 0.934. The molecule has 1 aromatic rings. The lowest BCUT2D eigenvalue weighted by Gasteiger charge is -1.97. The summed E-state index contributed by atoms with van der Waals surface area (Å²) < 4.78 is 2.90. The molecule has 1 aliphatic heterocycles. The monoisotopic (exact) mass is 229 g/mol. The van der Waals surface area contributed by atoms with E-state index in [0.717, 1.165) is 29.7 Å². The fourth-order valence-corrected chi connectivity index (χ4v) is 2.28. The Bertz CT molecular complexity index is 343. The highest BCUT2D eigenvalue weighted by molar-refractivity contribution is 9.10. The first kappa shape index (κ1) is 7.86. The Balaban J connectivity index is 2.58. The van der Waals surface area contributed by atoms with Crippen molar-refractivity contribution in [2.24, 2.45) is 0 Å². The lowest BCUT2D eigenvalue weighted by atomic mass is 10.2.